The lowest BCUT2D eigenvalue weighted by atomic mass is 10.1. The van der Waals surface area contributed by atoms with Crippen molar-refractivity contribution >= 4 is 11.6 Å². The van der Waals surface area contributed by atoms with Crippen molar-refractivity contribution in [3.8, 4) is 5.75 Å². The number of aryl methyl sites for hydroxylation is 2. The Hall–Kier alpha value is -2.36. The molecule has 0 saturated heterocycles. The Morgan fingerprint density at radius 3 is 2.60 bits per heavy atom. The summed E-state index contributed by atoms with van der Waals surface area (Å²) in [5, 5.41) is 2.71. The monoisotopic (exact) mass is 273 g/mol. The number of amides is 1. The van der Waals surface area contributed by atoms with Gasteiger partial charge in [-0.25, -0.2) is 4.39 Å². The topological polar surface area (TPSA) is 38.3 Å². The Morgan fingerprint density at radius 2 is 1.90 bits per heavy atom. The van der Waals surface area contributed by atoms with Crippen LogP contribution in [0.5, 0.6) is 5.75 Å². The molecule has 1 amide bonds. The van der Waals surface area contributed by atoms with E-state index in [0.717, 1.165) is 11.1 Å². The summed E-state index contributed by atoms with van der Waals surface area (Å²) in [6.45, 7) is 3.75. The first-order valence-electron chi connectivity index (χ1n) is 6.30. The van der Waals surface area contributed by atoms with Crippen LogP contribution < -0.4 is 10.1 Å². The molecule has 2 aromatic rings. The normalized spacial score (nSPS) is 10.2. The van der Waals surface area contributed by atoms with Gasteiger partial charge in [-0.3, -0.25) is 4.79 Å². The molecule has 0 aromatic heterocycles. The van der Waals surface area contributed by atoms with E-state index < -0.39 is 5.82 Å². The fourth-order valence-electron chi connectivity index (χ4n) is 1.72. The van der Waals surface area contributed by atoms with Crippen LogP contribution in [0.25, 0.3) is 0 Å². The Kier molecular flexibility index (Phi) is 4.35. The number of nitrogens with one attached hydrogen (secondary N) is 1. The number of para-hydroxylation sites is 1. The molecule has 0 heterocycles. The first kappa shape index (κ1) is 14.1. The number of hydrogen-bond acceptors (Lipinski definition) is 2. The zero-order valence-corrected chi connectivity index (χ0v) is 11.4. The van der Waals surface area contributed by atoms with Crippen LogP contribution >= 0.6 is 0 Å². The highest BCUT2D eigenvalue weighted by molar-refractivity contribution is 5.92. The van der Waals surface area contributed by atoms with Gasteiger partial charge in [0.2, 0.25) is 0 Å². The highest BCUT2D eigenvalue weighted by atomic mass is 19.1. The van der Waals surface area contributed by atoms with Crippen LogP contribution in [0.2, 0.25) is 0 Å². The van der Waals surface area contributed by atoms with E-state index in [1.807, 2.05) is 32.0 Å². The number of anilines is 1. The molecule has 0 saturated carbocycles. The van der Waals surface area contributed by atoms with E-state index in [2.05, 4.69) is 5.32 Å². The van der Waals surface area contributed by atoms with E-state index in [-0.39, 0.29) is 18.3 Å². The van der Waals surface area contributed by atoms with Crippen LogP contribution in [0.4, 0.5) is 10.1 Å². The largest absolute Gasteiger partial charge is 0.481 e. The van der Waals surface area contributed by atoms with E-state index in [1.165, 1.54) is 12.1 Å². The first-order chi connectivity index (χ1) is 9.56. The highest BCUT2D eigenvalue weighted by Gasteiger charge is 2.07. The maximum Gasteiger partial charge on any atom is 0.262 e. The van der Waals surface area contributed by atoms with Crippen LogP contribution in [0.1, 0.15) is 11.1 Å². The third-order valence-electron chi connectivity index (χ3n) is 2.99. The van der Waals surface area contributed by atoms with Crippen molar-refractivity contribution in [2.45, 2.75) is 13.8 Å². The Balaban J connectivity index is 1.93. The van der Waals surface area contributed by atoms with Gasteiger partial charge in [-0.1, -0.05) is 18.2 Å². The van der Waals surface area contributed by atoms with E-state index >= 15 is 0 Å². The lowest BCUT2D eigenvalue weighted by Crippen LogP contribution is -2.20. The quantitative estimate of drug-likeness (QED) is 0.926. The van der Waals surface area contributed by atoms with Crippen molar-refractivity contribution in [3.63, 3.8) is 0 Å². The summed E-state index contributed by atoms with van der Waals surface area (Å²) < 4.78 is 18.4. The van der Waals surface area contributed by atoms with Gasteiger partial charge in [-0.15, -0.1) is 0 Å². The molecule has 4 heteroatoms. The summed E-state index contributed by atoms with van der Waals surface area (Å²) >= 11 is 0. The molecular formula is C16H16FNO2. The zero-order chi connectivity index (χ0) is 14.5. The molecule has 3 nitrogen and oxygen atoms in total. The average Bonchev–Trinajstić information content (AvgIpc) is 2.42. The number of hydrogen-bond donors (Lipinski definition) is 1. The third-order valence-corrected chi connectivity index (χ3v) is 2.99. The number of benzene rings is 2. The lowest BCUT2D eigenvalue weighted by molar-refractivity contribution is -0.118. The number of carbonyl (C=O) groups is 1. The van der Waals surface area contributed by atoms with Crippen molar-refractivity contribution in [1.29, 1.82) is 0 Å². The molecule has 0 bridgehead atoms. The van der Waals surface area contributed by atoms with Gasteiger partial charge in [0.05, 0.1) is 0 Å². The molecule has 0 aliphatic heterocycles. The smallest absolute Gasteiger partial charge is 0.262 e. The molecule has 20 heavy (non-hydrogen) atoms. The van der Waals surface area contributed by atoms with E-state index in [4.69, 9.17) is 4.74 Å². The van der Waals surface area contributed by atoms with Crippen LogP contribution in [0.15, 0.2) is 42.5 Å². The second-order valence-electron chi connectivity index (χ2n) is 4.57. The van der Waals surface area contributed by atoms with Crippen molar-refractivity contribution in [3.05, 3.63) is 59.4 Å². The number of ether oxygens (including phenoxy) is 1. The third kappa shape index (κ3) is 3.57. The Morgan fingerprint density at radius 1 is 1.15 bits per heavy atom. The molecule has 0 aliphatic carbocycles. The van der Waals surface area contributed by atoms with Gasteiger partial charge < -0.3 is 10.1 Å². The van der Waals surface area contributed by atoms with Gasteiger partial charge >= 0.3 is 0 Å². The minimum Gasteiger partial charge on any atom is -0.481 e. The minimum atomic E-state index is -0.480. The average molecular weight is 273 g/mol. The number of rotatable bonds is 4. The van der Waals surface area contributed by atoms with E-state index in [0.29, 0.717) is 5.69 Å². The summed E-state index contributed by atoms with van der Waals surface area (Å²) in [6, 6.07) is 11.6. The van der Waals surface area contributed by atoms with Gasteiger partial charge in [0.25, 0.3) is 5.91 Å². The van der Waals surface area contributed by atoms with Crippen LogP contribution in [0, 0.1) is 19.7 Å². The molecule has 104 valence electrons. The van der Waals surface area contributed by atoms with Crippen molar-refractivity contribution in [2.75, 3.05) is 11.9 Å². The summed E-state index contributed by atoms with van der Waals surface area (Å²) in [6.07, 6.45) is 0. The molecule has 1 N–H and O–H groups in total. The van der Waals surface area contributed by atoms with E-state index in [9.17, 15) is 9.18 Å². The molecule has 2 aromatic carbocycles. The second kappa shape index (κ2) is 6.19. The van der Waals surface area contributed by atoms with Crippen LogP contribution in [-0.2, 0) is 4.79 Å². The fraction of sp³-hybridized carbons (Fsp3) is 0.188. The second-order valence-corrected chi connectivity index (χ2v) is 4.57. The Bertz CT molecular complexity index is 626. The summed E-state index contributed by atoms with van der Waals surface area (Å²) in [7, 11) is 0. The van der Waals surface area contributed by atoms with Gasteiger partial charge in [0.1, 0.15) is 0 Å². The van der Waals surface area contributed by atoms with Crippen molar-refractivity contribution in [2.24, 2.45) is 0 Å². The van der Waals surface area contributed by atoms with Crippen molar-refractivity contribution in [1.82, 2.24) is 0 Å². The molecular weight excluding hydrogens is 257 g/mol. The van der Waals surface area contributed by atoms with Crippen LogP contribution in [-0.4, -0.2) is 12.5 Å². The summed E-state index contributed by atoms with van der Waals surface area (Å²) in [5.41, 5.74) is 2.96. The molecule has 0 fully saturated rings. The summed E-state index contributed by atoms with van der Waals surface area (Å²) in [4.78, 5) is 11.7. The highest BCUT2D eigenvalue weighted by Crippen LogP contribution is 2.16. The van der Waals surface area contributed by atoms with Crippen LogP contribution in [0.3, 0.4) is 0 Å². The number of carbonyl (C=O) groups excluding carboxylic acids is 1. The predicted molar refractivity (Wildman–Crippen MR) is 76.4 cm³/mol. The molecule has 0 atom stereocenters. The molecule has 2 rings (SSSR count). The molecule has 0 aliphatic rings. The van der Waals surface area contributed by atoms with Crippen molar-refractivity contribution < 1.29 is 13.9 Å². The zero-order valence-electron chi connectivity index (χ0n) is 11.4. The molecule has 0 unspecified atom stereocenters. The maximum atomic E-state index is 13.3. The van der Waals surface area contributed by atoms with Gasteiger partial charge in [-0.05, 0) is 49.2 Å². The number of halogens is 1. The lowest BCUT2D eigenvalue weighted by Gasteiger charge is -2.09. The van der Waals surface area contributed by atoms with Gasteiger partial charge in [0.15, 0.2) is 18.2 Å². The minimum absolute atomic E-state index is 0.0720. The van der Waals surface area contributed by atoms with Gasteiger partial charge in [0, 0.05) is 5.69 Å². The Labute approximate surface area is 117 Å². The molecule has 0 radical (unpaired) electrons. The fourth-order valence-corrected chi connectivity index (χ4v) is 1.72. The standard InChI is InChI=1S/C16H16FNO2/c1-11-7-8-13(9-12(11)2)18-16(19)10-20-15-6-4-3-5-14(15)17/h3-9H,10H2,1-2H3,(H,18,19). The maximum absolute atomic E-state index is 13.3. The SMILES string of the molecule is Cc1ccc(NC(=O)COc2ccccc2F)cc1C. The predicted octanol–water partition coefficient (Wildman–Crippen LogP) is 3.46. The van der Waals surface area contributed by atoms with E-state index in [1.54, 1.807) is 12.1 Å². The molecule has 0 spiro atoms. The summed E-state index contributed by atoms with van der Waals surface area (Å²) in [5.74, 6) is -0.731. The first-order valence-corrected chi connectivity index (χ1v) is 6.30. The van der Waals surface area contributed by atoms with Gasteiger partial charge in [-0.2, -0.15) is 0 Å².